The molecular formula is C24H29N5O2. The van der Waals surface area contributed by atoms with Crippen LogP contribution >= 0.6 is 0 Å². The molecule has 3 heterocycles. The molecule has 2 aliphatic rings. The number of aromatic nitrogens is 2. The molecule has 0 unspecified atom stereocenters. The summed E-state index contributed by atoms with van der Waals surface area (Å²) in [5, 5.41) is 3.12. The van der Waals surface area contributed by atoms with Crippen LogP contribution < -0.4 is 15.1 Å². The van der Waals surface area contributed by atoms with Gasteiger partial charge < -0.3 is 24.4 Å². The molecule has 0 bridgehead atoms. The van der Waals surface area contributed by atoms with Crippen LogP contribution in [-0.4, -0.2) is 54.9 Å². The Labute approximate surface area is 182 Å². The number of morpholine rings is 1. The average molecular weight is 420 g/mol. The summed E-state index contributed by atoms with van der Waals surface area (Å²) in [7, 11) is 2.05. The minimum atomic E-state index is -0.0486. The van der Waals surface area contributed by atoms with Crippen LogP contribution in [0.5, 0.6) is 0 Å². The van der Waals surface area contributed by atoms with Crippen LogP contribution in [0.15, 0.2) is 48.5 Å². The van der Waals surface area contributed by atoms with Gasteiger partial charge in [0.1, 0.15) is 0 Å². The highest BCUT2D eigenvalue weighted by Crippen LogP contribution is 2.27. The number of hydrogen-bond acceptors (Lipinski definition) is 5. The highest BCUT2D eigenvalue weighted by Gasteiger charge is 2.28. The van der Waals surface area contributed by atoms with Gasteiger partial charge in [-0.15, -0.1) is 0 Å². The maximum Gasteiger partial charge on any atom is 0.229 e. The summed E-state index contributed by atoms with van der Waals surface area (Å²) in [4.78, 5) is 22.4. The molecule has 31 heavy (non-hydrogen) atoms. The zero-order valence-electron chi connectivity index (χ0n) is 18.0. The van der Waals surface area contributed by atoms with Gasteiger partial charge in [-0.05, 0) is 49.2 Å². The van der Waals surface area contributed by atoms with Gasteiger partial charge in [-0.25, -0.2) is 4.98 Å². The number of nitrogens with zero attached hydrogens (tertiary/aromatic N) is 4. The van der Waals surface area contributed by atoms with Crippen molar-refractivity contribution in [2.24, 2.45) is 13.0 Å². The Morgan fingerprint density at radius 1 is 1.03 bits per heavy atom. The third-order valence-electron chi connectivity index (χ3n) is 6.35. The molecule has 2 aliphatic heterocycles. The summed E-state index contributed by atoms with van der Waals surface area (Å²) in [6, 6.07) is 16.3. The normalized spacial score (nSPS) is 19.6. The first-order valence-corrected chi connectivity index (χ1v) is 11.1. The Morgan fingerprint density at radius 3 is 2.58 bits per heavy atom. The predicted molar refractivity (Wildman–Crippen MR) is 124 cm³/mol. The van der Waals surface area contributed by atoms with Crippen LogP contribution in [0, 0.1) is 5.92 Å². The zero-order chi connectivity index (χ0) is 21.2. The molecule has 5 rings (SSSR count). The number of carbonyl (C=O) groups excluding carboxylic acids is 1. The second-order valence-corrected chi connectivity index (χ2v) is 8.38. The summed E-state index contributed by atoms with van der Waals surface area (Å²) >= 11 is 0. The van der Waals surface area contributed by atoms with Crippen molar-refractivity contribution in [3.05, 3.63) is 48.5 Å². The summed E-state index contributed by atoms with van der Waals surface area (Å²) in [6.45, 7) is 4.96. The smallest absolute Gasteiger partial charge is 0.229 e. The molecule has 1 N–H and O–H groups in total. The van der Waals surface area contributed by atoms with Gasteiger partial charge in [0.2, 0.25) is 11.9 Å². The molecule has 7 heteroatoms. The van der Waals surface area contributed by atoms with Crippen LogP contribution in [0.3, 0.4) is 0 Å². The molecule has 2 aromatic carbocycles. The number of para-hydroxylation sites is 2. The van der Waals surface area contributed by atoms with Gasteiger partial charge in [0.15, 0.2) is 0 Å². The minimum Gasteiger partial charge on any atom is -0.378 e. The fourth-order valence-corrected chi connectivity index (χ4v) is 4.61. The molecule has 3 aromatic rings. The lowest BCUT2D eigenvalue weighted by Crippen LogP contribution is -2.41. The quantitative estimate of drug-likeness (QED) is 0.703. The minimum absolute atomic E-state index is 0.0486. The predicted octanol–water partition coefficient (Wildman–Crippen LogP) is 3.27. The van der Waals surface area contributed by atoms with E-state index in [4.69, 9.17) is 9.72 Å². The number of fused-ring (bicyclic) bond motifs is 1. The van der Waals surface area contributed by atoms with E-state index >= 15 is 0 Å². The van der Waals surface area contributed by atoms with Gasteiger partial charge in [0, 0.05) is 44.6 Å². The molecule has 0 saturated carbocycles. The first-order valence-electron chi connectivity index (χ1n) is 11.1. The number of imidazole rings is 1. The maximum atomic E-state index is 13.0. The molecular weight excluding hydrogens is 390 g/mol. The Balaban J connectivity index is 1.24. The van der Waals surface area contributed by atoms with Crippen molar-refractivity contribution in [2.45, 2.75) is 12.8 Å². The first kappa shape index (κ1) is 19.9. The number of amides is 1. The van der Waals surface area contributed by atoms with Gasteiger partial charge in [0.25, 0.3) is 0 Å². The van der Waals surface area contributed by atoms with Crippen molar-refractivity contribution in [3.63, 3.8) is 0 Å². The fraction of sp³-hybridized carbons (Fsp3) is 0.417. The van der Waals surface area contributed by atoms with Crippen molar-refractivity contribution < 1.29 is 9.53 Å². The number of rotatable bonds is 4. The number of aryl methyl sites for hydroxylation is 1. The van der Waals surface area contributed by atoms with Gasteiger partial charge in [0.05, 0.1) is 30.2 Å². The zero-order valence-corrected chi connectivity index (χ0v) is 18.0. The van der Waals surface area contributed by atoms with Crippen molar-refractivity contribution in [3.8, 4) is 0 Å². The van der Waals surface area contributed by atoms with E-state index in [1.807, 2.05) is 37.4 Å². The van der Waals surface area contributed by atoms with E-state index in [0.717, 1.165) is 68.4 Å². The second-order valence-electron chi connectivity index (χ2n) is 8.38. The highest BCUT2D eigenvalue weighted by atomic mass is 16.5. The number of hydrogen-bond donors (Lipinski definition) is 1. The molecule has 2 fully saturated rings. The van der Waals surface area contributed by atoms with Gasteiger partial charge in [-0.2, -0.15) is 0 Å². The molecule has 1 atom stereocenters. The molecule has 0 spiro atoms. The van der Waals surface area contributed by atoms with E-state index in [9.17, 15) is 4.79 Å². The lowest BCUT2D eigenvalue weighted by Gasteiger charge is -2.32. The fourth-order valence-electron chi connectivity index (χ4n) is 4.61. The number of nitrogens with one attached hydrogen (secondary N) is 1. The van der Waals surface area contributed by atoms with Crippen LogP contribution in [-0.2, 0) is 16.6 Å². The standard InChI is InChI=1S/C24H29N5O2/c1-27-22-7-3-2-6-21(22)26-24(27)29-12-4-5-18(17-29)23(30)25-19-8-10-20(11-9-19)28-13-15-31-16-14-28/h2-3,6-11,18H,4-5,12-17H2,1H3,(H,25,30)/t18-/m1/s1. The van der Waals surface area contributed by atoms with Gasteiger partial charge >= 0.3 is 0 Å². The SMILES string of the molecule is Cn1c(N2CCC[C@@H](C(=O)Nc3ccc(N4CCOCC4)cc3)C2)nc2ccccc21. The molecule has 0 radical (unpaired) electrons. The van der Waals surface area contributed by atoms with Crippen molar-refractivity contribution in [1.29, 1.82) is 0 Å². The summed E-state index contributed by atoms with van der Waals surface area (Å²) < 4.78 is 7.55. The number of benzene rings is 2. The Bertz CT molecular complexity index is 1060. The highest BCUT2D eigenvalue weighted by molar-refractivity contribution is 5.93. The monoisotopic (exact) mass is 419 g/mol. The number of anilines is 3. The Morgan fingerprint density at radius 2 is 1.81 bits per heavy atom. The average Bonchev–Trinajstić information content (AvgIpc) is 3.17. The molecule has 0 aliphatic carbocycles. The summed E-state index contributed by atoms with van der Waals surface area (Å²) in [5.41, 5.74) is 4.13. The largest absolute Gasteiger partial charge is 0.378 e. The molecule has 7 nitrogen and oxygen atoms in total. The molecule has 2 saturated heterocycles. The maximum absolute atomic E-state index is 13.0. The lowest BCUT2D eigenvalue weighted by atomic mass is 9.97. The third kappa shape index (κ3) is 4.10. The Kier molecular flexibility index (Phi) is 5.51. The van der Waals surface area contributed by atoms with Crippen molar-refractivity contribution >= 4 is 34.3 Å². The molecule has 162 valence electrons. The Hall–Kier alpha value is -3.06. The van der Waals surface area contributed by atoms with Crippen LogP contribution in [0.2, 0.25) is 0 Å². The second kappa shape index (κ2) is 8.59. The number of ether oxygens (including phenoxy) is 1. The lowest BCUT2D eigenvalue weighted by molar-refractivity contribution is -0.120. The van der Waals surface area contributed by atoms with E-state index in [2.05, 4.69) is 37.9 Å². The topological polar surface area (TPSA) is 62.6 Å². The van der Waals surface area contributed by atoms with E-state index < -0.39 is 0 Å². The summed E-state index contributed by atoms with van der Waals surface area (Å²) in [6.07, 6.45) is 1.88. The third-order valence-corrected chi connectivity index (χ3v) is 6.35. The van der Waals surface area contributed by atoms with E-state index in [1.54, 1.807) is 0 Å². The summed E-state index contributed by atoms with van der Waals surface area (Å²) in [5.74, 6) is 0.976. The van der Waals surface area contributed by atoms with E-state index in [0.29, 0.717) is 6.54 Å². The van der Waals surface area contributed by atoms with Crippen LogP contribution in [0.4, 0.5) is 17.3 Å². The first-order chi connectivity index (χ1) is 15.2. The molecule has 1 aromatic heterocycles. The van der Waals surface area contributed by atoms with Crippen LogP contribution in [0.25, 0.3) is 11.0 Å². The van der Waals surface area contributed by atoms with E-state index in [-0.39, 0.29) is 11.8 Å². The molecule has 1 amide bonds. The van der Waals surface area contributed by atoms with Gasteiger partial charge in [-0.1, -0.05) is 12.1 Å². The van der Waals surface area contributed by atoms with Crippen LogP contribution in [0.1, 0.15) is 12.8 Å². The van der Waals surface area contributed by atoms with E-state index in [1.165, 1.54) is 5.69 Å². The van der Waals surface area contributed by atoms with Gasteiger partial charge in [-0.3, -0.25) is 4.79 Å². The van der Waals surface area contributed by atoms with Crippen molar-refractivity contribution in [2.75, 3.05) is 54.5 Å². The number of carbonyl (C=O) groups is 1. The van der Waals surface area contributed by atoms with Crippen molar-refractivity contribution in [1.82, 2.24) is 9.55 Å². The number of piperidine rings is 1.